The molecule has 0 unspecified atom stereocenters. The highest BCUT2D eigenvalue weighted by Crippen LogP contribution is 2.25. The number of halogens is 2. The fourth-order valence-corrected chi connectivity index (χ4v) is 2.60. The molecule has 0 aliphatic carbocycles. The third-order valence-electron chi connectivity index (χ3n) is 3.79. The van der Waals surface area contributed by atoms with Gasteiger partial charge in [0.2, 0.25) is 0 Å². The van der Waals surface area contributed by atoms with Crippen molar-refractivity contribution < 1.29 is 27.5 Å². The van der Waals surface area contributed by atoms with E-state index in [1.807, 2.05) is 0 Å². The van der Waals surface area contributed by atoms with Crippen LogP contribution in [0, 0.1) is 11.6 Å². The predicted octanol–water partition coefficient (Wildman–Crippen LogP) is 2.89. The summed E-state index contributed by atoms with van der Waals surface area (Å²) in [7, 11) is 0. The first-order chi connectivity index (χ1) is 11.6. The third kappa shape index (κ3) is 3.47. The van der Waals surface area contributed by atoms with Crippen molar-refractivity contribution in [1.29, 1.82) is 0 Å². The van der Waals surface area contributed by atoms with Crippen molar-refractivity contribution in [2.24, 2.45) is 0 Å². The minimum Gasteiger partial charge on any atom is -0.467 e. The molecule has 0 radical (unpaired) electrons. The Morgan fingerprint density at radius 2 is 2.04 bits per heavy atom. The highest BCUT2D eigenvalue weighted by molar-refractivity contribution is 5.97. The fourth-order valence-electron chi connectivity index (χ4n) is 2.60. The van der Waals surface area contributed by atoms with Gasteiger partial charge >= 0.3 is 0 Å². The van der Waals surface area contributed by atoms with Crippen LogP contribution in [-0.4, -0.2) is 31.3 Å². The monoisotopic (exact) mass is 337 g/mol. The number of hydrogen-bond acceptors (Lipinski definition) is 4. The topological polar surface area (TPSA) is 51.9 Å². The maximum Gasteiger partial charge on any atom is 0.259 e. The van der Waals surface area contributed by atoms with Crippen LogP contribution in [0.15, 0.2) is 41.0 Å². The zero-order chi connectivity index (χ0) is 17.1. The number of carbonyl (C=O) groups excluding carboxylic acids is 1. The van der Waals surface area contributed by atoms with Gasteiger partial charge in [-0.25, -0.2) is 8.78 Å². The molecule has 24 heavy (non-hydrogen) atoms. The Kier molecular flexibility index (Phi) is 4.92. The number of ether oxygens (including phenoxy) is 2. The van der Waals surface area contributed by atoms with Crippen LogP contribution in [0.4, 0.5) is 14.5 Å². The molecule has 0 N–H and O–H groups in total. The van der Waals surface area contributed by atoms with E-state index in [9.17, 15) is 13.6 Å². The molecule has 2 aromatic rings. The zero-order valence-electron chi connectivity index (χ0n) is 13.1. The van der Waals surface area contributed by atoms with Gasteiger partial charge in [-0.2, -0.15) is 0 Å². The van der Waals surface area contributed by atoms with E-state index < -0.39 is 29.7 Å². The molecule has 1 saturated heterocycles. The summed E-state index contributed by atoms with van der Waals surface area (Å²) in [4.78, 5) is 14.1. The van der Waals surface area contributed by atoms with Gasteiger partial charge in [0.15, 0.2) is 6.10 Å². The molecule has 0 saturated carbocycles. The lowest BCUT2D eigenvalue weighted by Gasteiger charge is -2.33. The van der Waals surface area contributed by atoms with E-state index in [0.29, 0.717) is 12.4 Å². The second-order valence-electron chi connectivity index (χ2n) is 5.47. The molecule has 1 aromatic carbocycles. The minimum absolute atomic E-state index is 0.000958. The quantitative estimate of drug-likeness (QED) is 0.861. The summed E-state index contributed by atoms with van der Waals surface area (Å²) in [5.74, 6) is -1.55. The Morgan fingerprint density at radius 1 is 1.25 bits per heavy atom. The van der Waals surface area contributed by atoms with Gasteiger partial charge in [0.05, 0.1) is 37.8 Å². The van der Waals surface area contributed by atoms with E-state index in [-0.39, 0.29) is 18.8 Å². The van der Waals surface area contributed by atoms with Gasteiger partial charge < -0.3 is 13.9 Å². The minimum atomic E-state index is -0.863. The van der Waals surface area contributed by atoms with Crippen LogP contribution in [-0.2, 0) is 20.8 Å². The van der Waals surface area contributed by atoms with Crippen LogP contribution >= 0.6 is 0 Å². The molecule has 2 heterocycles. The summed E-state index contributed by atoms with van der Waals surface area (Å²) in [6.07, 6.45) is 0.133. The van der Waals surface area contributed by atoms with Gasteiger partial charge in [0, 0.05) is 6.07 Å². The second kappa shape index (κ2) is 7.11. The molecule has 3 rings (SSSR count). The van der Waals surface area contributed by atoms with Crippen molar-refractivity contribution >= 4 is 11.6 Å². The number of amides is 1. The molecule has 1 fully saturated rings. The highest BCUT2D eigenvalue weighted by atomic mass is 19.1. The summed E-state index contributed by atoms with van der Waals surface area (Å²) in [6.45, 7) is 2.39. The van der Waals surface area contributed by atoms with E-state index in [0.717, 1.165) is 12.1 Å². The Morgan fingerprint density at radius 3 is 2.71 bits per heavy atom. The Balaban J connectivity index is 1.93. The number of nitrogens with zero attached hydrogens (tertiary/aromatic N) is 1. The lowest BCUT2D eigenvalue weighted by atomic mass is 10.1. The predicted molar refractivity (Wildman–Crippen MR) is 81.4 cm³/mol. The van der Waals surface area contributed by atoms with E-state index in [1.165, 1.54) is 17.2 Å². The van der Waals surface area contributed by atoms with E-state index in [4.69, 9.17) is 13.9 Å². The van der Waals surface area contributed by atoms with E-state index in [2.05, 4.69) is 0 Å². The van der Waals surface area contributed by atoms with Crippen molar-refractivity contribution in [3.05, 3.63) is 54.0 Å². The average Bonchev–Trinajstić information content (AvgIpc) is 3.06. The first-order valence-electron chi connectivity index (χ1n) is 7.58. The lowest BCUT2D eigenvalue weighted by Crippen LogP contribution is -2.49. The SMILES string of the molecule is C[C@@H]1OCCO[C@@H]1C(=O)N(Cc1ccco1)c1ccc(F)cc1F. The van der Waals surface area contributed by atoms with Gasteiger partial charge in [-0.05, 0) is 31.2 Å². The molecule has 1 aliphatic rings. The van der Waals surface area contributed by atoms with Crippen molar-refractivity contribution in [1.82, 2.24) is 0 Å². The largest absolute Gasteiger partial charge is 0.467 e. The zero-order valence-corrected chi connectivity index (χ0v) is 13.1. The molecule has 1 aliphatic heterocycles. The van der Waals surface area contributed by atoms with Gasteiger partial charge in [-0.3, -0.25) is 9.69 Å². The highest BCUT2D eigenvalue weighted by Gasteiger charge is 2.35. The number of hydrogen-bond donors (Lipinski definition) is 0. The summed E-state index contributed by atoms with van der Waals surface area (Å²) in [5, 5.41) is 0. The summed E-state index contributed by atoms with van der Waals surface area (Å²) in [5.41, 5.74) is -0.0424. The Hall–Kier alpha value is -2.25. The van der Waals surface area contributed by atoms with Crippen molar-refractivity contribution in [3.8, 4) is 0 Å². The molecule has 1 amide bonds. The fraction of sp³-hybridized carbons (Fsp3) is 0.353. The molecule has 2 atom stereocenters. The first-order valence-corrected chi connectivity index (χ1v) is 7.58. The molecule has 1 aromatic heterocycles. The molecule has 7 heteroatoms. The van der Waals surface area contributed by atoms with Gasteiger partial charge in [-0.15, -0.1) is 0 Å². The van der Waals surface area contributed by atoms with Crippen LogP contribution in [0.25, 0.3) is 0 Å². The molecule has 5 nitrogen and oxygen atoms in total. The molecule has 0 bridgehead atoms. The van der Waals surface area contributed by atoms with Gasteiger partial charge in [0.25, 0.3) is 5.91 Å². The summed E-state index contributed by atoms with van der Waals surface area (Å²) in [6, 6.07) is 6.40. The average molecular weight is 337 g/mol. The Bertz CT molecular complexity index is 705. The number of benzene rings is 1. The Labute approximate surface area is 137 Å². The number of carbonyl (C=O) groups is 1. The summed E-state index contributed by atoms with van der Waals surface area (Å²) >= 11 is 0. The number of furan rings is 1. The van der Waals surface area contributed by atoms with Gasteiger partial charge in [0.1, 0.15) is 17.4 Å². The third-order valence-corrected chi connectivity index (χ3v) is 3.79. The first kappa shape index (κ1) is 16.6. The van der Waals surface area contributed by atoms with Crippen molar-refractivity contribution in [2.75, 3.05) is 18.1 Å². The van der Waals surface area contributed by atoms with Crippen LogP contribution < -0.4 is 4.90 Å². The standard InChI is InChI=1S/C17H17F2NO4/c1-11-16(24-8-7-22-11)17(21)20(10-13-3-2-6-23-13)15-5-4-12(18)9-14(15)19/h2-6,9,11,16H,7-8,10H2,1H3/t11-,16-/m0/s1. The number of anilines is 1. The molecule has 0 spiro atoms. The van der Waals surface area contributed by atoms with Crippen molar-refractivity contribution in [3.63, 3.8) is 0 Å². The van der Waals surface area contributed by atoms with Gasteiger partial charge in [-0.1, -0.05) is 0 Å². The normalized spacial score (nSPS) is 20.8. The second-order valence-corrected chi connectivity index (χ2v) is 5.47. The maximum atomic E-state index is 14.2. The van der Waals surface area contributed by atoms with Crippen molar-refractivity contribution in [2.45, 2.75) is 25.7 Å². The molecular weight excluding hydrogens is 320 g/mol. The summed E-state index contributed by atoms with van der Waals surface area (Å²) < 4.78 is 43.6. The van der Waals surface area contributed by atoms with Crippen LogP contribution in [0.2, 0.25) is 0 Å². The molecule has 128 valence electrons. The van der Waals surface area contributed by atoms with Crippen LogP contribution in [0.1, 0.15) is 12.7 Å². The maximum absolute atomic E-state index is 14.2. The van der Waals surface area contributed by atoms with Crippen LogP contribution in [0.5, 0.6) is 0 Å². The van der Waals surface area contributed by atoms with Crippen LogP contribution in [0.3, 0.4) is 0 Å². The smallest absolute Gasteiger partial charge is 0.259 e. The molecular formula is C17H17F2NO4. The number of rotatable bonds is 4. The van der Waals surface area contributed by atoms with E-state index in [1.54, 1.807) is 19.1 Å². The van der Waals surface area contributed by atoms with E-state index >= 15 is 0 Å². The lowest BCUT2D eigenvalue weighted by molar-refractivity contribution is -0.159.